The van der Waals surface area contributed by atoms with Crippen LogP contribution in [0.1, 0.15) is 18.4 Å². The van der Waals surface area contributed by atoms with E-state index >= 15 is 0 Å². The molecule has 3 fully saturated rings. The lowest BCUT2D eigenvalue weighted by molar-refractivity contribution is -0.140. The second kappa shape index (κ2) is 7.81. The van der Waals surface area contributed by atoms with Crippen molar-refractivity contribution in [1.29, 1.82) is 0 Å². The number of urea groups is 1. The minimum atomic E-state index is -4.42. The number of aromatic nitrogens is 1. The van der Waals surface area contributed by atoms with E-state index < -0.39 is 11.7 Å². The number of halogens is 3. The van der Waals surface area contributed by atoms with E-state index in [0.29, 0.717) is 32.6 Å². The second-order valence-electron chi connectivity index (χ2n) is 7.83. The standard InChI is InChI=1S/C19H22F3N3O4/c20-19(21,22)14-1-2-17(23-6-14)29-10-12-7-25(8-12)18(27)24-4-3-16-13(9-24)5-15(26)11-28-16/h1-2,6,12-13,16H,3-5,7-11H2/t13-,16+/m1/s1. The van der Waals surface area contributed by atoms with Crippen LogP contribution in [0.4, 0.5) is 18.0 Å². The number of ketones is 1. The van der Waals surface area contributed by atoms with Crippen LogP contribution < -0.4 is 4.74 Å². The maximum absolute atomic E-state index is 12.7. The summed E-state index contributed by atoms with van der Waals surface area (Å²) >= 11 is 0. The molecule has 0 radical (unpaired) electrons. The Kier molecular flexibility index (Phi) is 5.37. The molecule has 158 valence electrons. The van der Waals surface area contributed by atoms with Crippen LogP contribution in [0, 0.1) is 11.8 Å². The summed E-state index contributed by atoms with van der Waals surface area (Å²) in [5, 5.41) is 0. The third kappa shape index (κ3) is 4.47. The number of carbonyl (C=O) groups is 2. The average molecular weight is 413 g/mol. The van der Waals surface area contributed by atoms with Crippen LogP contribution in [0.25, 0.3) is 0 Å². The van der Waals surface area contributed by atoms with Gasteiger partial charge in [-0.05, 0) is 12.5 Å². The molecule has 3 aliphatic heterocycles. The van der Waals surface area contributed by atoms with E-state index in [4.69, 9.17) is 9.47 Å². The number of hydrogen-bond donors (Lipinski definition) is 0. The molecule has 0 N–H and O–H groups in total. The van der Waals surface area contributed by atoms with Crippen LogP contribution in [-0.2, 0) is 15.7 Å². The predicted octanol–water partition coefficient (Wildman–Crippen LogP) is 2.21. The van der Waals surface area contributed by atoms with Crippen molar-refractivity contribution >= 4 is 11.8 Å². The van der Waals surface area contributed by atoms with Crippen molar-refractivity contribution in [3.63, 3.8) is 0 Å². The highest BCUT2D eigenvalue weighted by Crippen LogP contribution is 2.30. The minimum Gasteiger partial charge on any atom is -0.477 e. The molecule has 2 amide bonds. The number of likely N-dealkylation sites (tertiary alicyclic amines) is 2. The maximum atomic E-state index is 12.7. The molecule has 1 aromatic heterocycles. The van der Waals surface area contributed by atoms with Crippen molar-refractivity contribution in [3.05, 3.63) is 23.9 Å². The number of alkyl halides is 3. The summed E-state index contributed by atoms with van der Waals surface area (Å²) in [4.78, 5) is 31.4. The van der Waals surface area contributed by atoms with Gasteiger partial charge in [-0.1, -0.05) is 0 Å². The van der Waals surface area contributed by atoms with Gasteiger partial charge in [-0.3, -0.25) is 4.79 Å². The number of piperidine rings is 1. The Labute approximate surface area is 165 Å². The molecular formula is C19H22F3N3O4. The Balaban J connectivity index is 1.21. The molecule has 0 spiro atoms. The number of pyridine rings is 1. The van der Waals surface area contributed by atoms with Gasteiger partial charge in [-0.25, -0.2) is 9.78 Å². The van der Waals surface area contributed by atoms with Crippen LogP contribution in [0.3, 0.4) is 0 Å². The predicted molar refractivity (Wildman–Crippen MR) is 94.2 cm³/mol. The first-order chi connectivity index (χ1) is 13.8. The zero-order valence-corrected chi connectivity index (χ0v) is 15.7. The molecule has 4 rings (SSSR count). The average Bonchev–Trinajstić information content (AvgIpc) is 2.65. The van der Waals surface area contributed by atoms with Gasteiger partial charge in [-0.15, -0.1) is 0 Å². The molecule has 4 heterocycles. The summed E-state index contributed by atoms with van der Waals surface area (Å²) in [7, 11) is 0. The number of fused-ring (bicyclic) bond motifs is 1. The van der Waals surface area contributed by atoms with E-state index in [2.05, 4.69) is 4.98 Å². The second-order valence-corrected chi connectivity index (χ2v) is 7.83. The highest BCUT2D eigenvalue weighted by molar-refractivity contribution is 5.81. The van der Waals surface area contributed by atoms with Crippen molar-refractivity contribution in [2.75, 3.05) is 39.4 Å². The number of amides is 2. The van der Waals surface area contributed by atoms with Gasteiger partial charge in [0, 0.05) is 56.7 Å². The van der Waals surface area contributed by atoms with Gasteiger partial charge in [0.1, 0.15) is 6.61 Å². The van der Waals surface area contributed by atoms with Crippen LogP contribution in [-0.4, -0.2) is 72.1 Å². The van der Waals surface area contributed by atoms with Crippen LogP contribution in [0.2, 0.25) is 0 Å². The third-order valence-corrected chi connectivity index (χ3v) is 5.64. The minimum absolute atomic E-state index is 0.0506. The highest BCUT2D eigenvalue weighted by atomic mass is 19.4. The van der Waals surface area contributed by atoms with E-state index in [-0.39, 0.29) is 48.8 Å². The molecule has 2 atom stereocenters. The van der Waals surface area contributed by atoms with Crippen LogP contribution in [0.15, 0.2) is 18.3 Å². The third-order valence-electron chi connectivity index (χ3n) is 5.64. The fourth-order valence-corrected chi connectivity index (χ4v) is 4.02. The molecule has 0 unspecified atom stereocenters. The summed E-state index contributed by atoms with van der Waals surface area (Å²) in [6.07, 6.45) is -2.42. The van der Waals surface area contributed by atoms with Crippen LogP contribution in [0.5, 0.6) is 5.88 Å². The van der Waals surface area contributed by atoms with Gasteiger partial charge >= 0.3 is 12.2 Å². The molecule has 10 heteroatoms. The monoisotopic (exact) mass is 413 g/mol. The van der Waals surface area contributed by atoms with E-state index in [9.17, 15) is 22.8 Å². The molecule has 0 saturated carbocycles. The molecule has 3 saturated heterocycles. The lowest BCUT2D eigenvalue weighted by Crippen LogP contribution is -2.59. The number of carbonyl (C=O) groups excluding carboxylic acids is 2. The lowest BCUT2D eigenvalue weighted by Gasteiger charge is -2.45. The van der Waals surface area contributed by atoms with E-state index in [0.717, 1.165) is 18.7 Å². The molecule has 0 aromatic carbocycles. The summed E-state index contributed by atoms with van der Waals surface area (Å²) in [6.45, 7) is 2.66. The van der Waals surface area contributed by atoms with Gasteiger partial charge in [0.15, 0.2) is 5.78 Å². The Bertz CT molecular complexity index is 765. The molecule has 29 heavy (non-hydrogen) atoms. The van der Waals surface area contributed by atoms with E-state index in [1.165, 1.54) is 6.07 Å². The zero-order chi connectivity index (χ0) is 20.6. The summed E-state index contributed by atoms with van der Waals surface area (Å²) in [5.41, 5.74) is -0.820. The molecule has 0 aliphatic carbocycles. The zero-order valence-electron chi connectivity index (χ0n) is 15.7. The first-order valence-electron chi connectivity index (χ1n) is 9.63. The summed E-state index contributed by atoms with van der Waals surface area (Å²) < 4.78 is 48.6. The SMILES string of the molecule is O=C1CO[C@H]2CCN(C(=O)N3CC(COc4ccc(C(F)(F)F)cn4)C3)C[C@H]2C1. The van der Waals surface area contributed by atoms with Crippen molar-refractivity contribution in [1.82, 2.24) is 14.8 Å². The van der Waals surface area contributed by atoms with Gasteiger partial charge < -0.3 is 19.3 Å². The number of Topliss-reactive ketones (excluding diaryl/α,β-unsaturated/α-hetero) is 1. The van der Waals surface area contributed by atoms with Gasteiger partial charge in [0.05, 0.1) is 18.3 Å². The van der Waals surface area contributed by atoms with Crippen LogP contribution >= 0.6 is 0 Å². The Morgan fingerprint density at radius 3 is 2.72 bits per heavy atom. The Morgan fingerprint density at radius 2 is 2.03 bits per heavy atom. The molecule has 3 aliphatic rings. The van der Waals surface area contributed by atoms with E-state index in [1.807, 2.05) is 0 Å². The first kappa shape index (κ1) is 19.9. The van der Waals surface area contributed by atoms with E-state index in [1.54, 1.807) is 9.80 Å². The fraction of sp³-hybridized carbons (Fsp3) is 0.632. The number of nitrogens with zero attached hydrogens (tertiary/aromatic N) is 3. The lowest BCUT2D eigenvalue weighted by atomic mass is 9.88. The van der Waals surface area contributed by atoms with Gasteiger partial charge in [-0.2, -0.15) is 13.2 Å². The number of rotatable bonds is 3. The normalized spacial score (nSPS) is 25.4. The first-order valence-corrected chi connectivity index (χ1v) is 9.63. The highest BCUT2D eigenvalue weighted by Gasteiger charge is 2.40. The summed E-state index contributed by atoms with van der Waals surface area (Å²) in [5.74, 6) is 0.394. The fourth-order valence-electron chi connectivity index (χ4n) is 4.02. The molecular weight excluding hydrogens is 391 g/mol. The maximum Gasteiger partial charge on any atom is 0.417 e. The Hall–Kier alpha value is -2.36. The topological polar surface area (TPSA) is 72.0 Å². The smallest absolute Gasteiger partial charge is 0.417 e. The summed E-state index contributed by atoms with van der Waals surface area (Å²) in [6, 6.07) is 2.08. The number of hydrogen-bond acceptors (Lipinski definition) is 5. The van der Waals surface area contributed by atoms with Gasteiger partial charge in [0.2, 0.25) is 5.88 Å². The molecule has 0 bridgehead atoms. The molecule has 1 aromatic rings. The van der Waals surface area contributed by atoms with Crippen molar-refractivity contribution in [3.8, 4) is 5.88 Å². The Morgan fingerprint density at radius 1 is 1.24 bits per heavy atom. The quantitative estimate of drug-likeness (QED) is 0.760. The van der Waals surface area contributed by atoms with Crippen molar-refractivity contribution in [2.45, 2.75) is 25.1 Å². The van der Waals surface area contributed by atoms with Crippen molar-refractivity contribution in [2.24, 2.45) is 11.8 Å². The largest absolute Gasteiger partial charge is 0.477 e. The van der Waals surface area contributed by atoms with Crippen molar-refractivity contribution < 1.29 is 32.2 Å². The number of ether oxygens (including phenoxy) is 2. The molecule has 7 nitrogen and oxygen atoms in total. The van der Waals surface area contributed by atoms with Gasteiger partial charge in [0.25, 0.3) is 0 Å².